The van der Waals surface area contributed by atoms with Gasteiger partial charge in [0.2, 0.25) is 5.91 Å². The molecule has 0 spiro atoms. The summed E-state index contributed by atoms with van der Waals surface area (Å²) in [6, 6.07) is 5.38. The Balaban J connectivity index is 1.82. The van der Waals surface area contributed by atoms with Crippen molar-refractivity contribution in [2.24, 2.45) is 0 Å². The van der Waals surface area contributed by atoms with Gasteiger partial charge >= 0.3 is 5.97 Å². The number of hydrogen-bond donors (Lipinski definition) is 2. The number of aryl methyl sites for hydroxylation is 1. The van der Waals surface area contributed by atoms with Crippen molar-refractivity contribution in [1.29, 1.82) is 0 Å². The number of fused-ring (bicyclic) bond motifs is 2. The van der Waals surface area contributed by atoms with Gasteiger partial charge in [0.25, 0.3) is 5.95 Å². The van der Waals surface area contributed by atoms with Crippen LogP contribution in [-0.4, -0.2) is 38.2 Å². The molecular formula is C20H21ClN6O3. The summed E-state index contributed by atoms with van der Waals surface area (Å²) in [5.41, 5.74) is 7.22. The molecule has 2 aromatic heterocycles. The fourth-order valence-electron chi connectivity index (χ4n) is 3.63. The number of esters is 1. The smallest absolute Gasteiger partial charge is 0.306 e. The van der Waals surface area contributed by atoms with E-state index < -0.39 is 5.41 Å². The Morgan fingerprint density at radius 3 is 2.83 bits per heavy atom. The van der Waals surface area contributed by atoms with Crippen LogP contribution in [0.15, 0.2) is 18.2 Å². The summed E-state index contributed by atoms with van der Waals surface area (Å²) in [6.07, 6.45) is 0.513. The maximum atomic E-state index is 12.3. The Kier molecular flexibility index (Phi) is 4.85. The number of benzene rings is 1. The number of carbonyl (C=O) groups excluding carboxylic acids is 2. The zero-order valence-electron chi connectivity index (χ0n) is 16.8. The molecule has 10 heteroatoms. The van der Waals surface area contributed by atoms with E-state index in [4.69, 9.17) is 22.1 Å². The van der Waals surface area contributed by atoms with E-state index in [2.05, 4.69) is 20.4 Å². The molecular weight excluding hydrogens is 408 g/mol. The van der Waals surface area contributed by atoms with Gasteiger partial charge in [-0.15, -0.1) is 0 Å². The number of nitrogen functional groups attached to an aromatic ring is 1. The van der Waals surface area contributed by atoms with Gasteiger partial charge in [0.15, 0.2) is 0 Å². The molecule has 9 nitrogen and oxygen atoms in total. The SMILES string of the molecule is CCOC(=O)CCc1nn(-c2nc(N)c3c(n2)NC(=O)C3(C)C)c2cccc(Cl)c12. The standard InChI is InChI=1S/C20H21ClN6O3/c1-4-30-13(28)9-8-11-14-10(21)6-5-7-12(14)27(26-11)19-23-16(22)15-17(25-19)24-18(29)20(15,2)3/h5-7H,4,8-9H2,1-3H3,(H3,22,23,24,25,29). The number of carbonyl (C=O) groups is 2. The first kappa shape index (κ1) is 20.1. The minimum absolute atomic E-state index is 0.169. The number of aromatic nitrogens is 4. The van der Waals surface area contributed by atoms with E-state index in [9.17, 15) is 9.59 Å². The molecule has 0 saturated carbocycles. The van der Waals surface area contributed by atoms with Crippen molar-refractivity contribution in [3.05, 3.63) is 34.5 Å². The van der Waals surface area contributed by atoms with Gasteiger partial charge in [-0.1, -0.05) is 17.7 Å². The first-order valence-electron chi connectivity index (χ1n) is 9.55. The number of halogens is 1. The molecule has 0 unspecified atom stereocenters. The van der Waals surface area contributed by atoms with E-state index in [1.807, 2.05) is 6.07 Å². The normalized spacial score (nSPS) is 14.6. The number of anilines is 2. The predicted octanol–water partition coefficient (Wildman–Crippen LogP) is 2.78. The van der Waals surface area contributed by atoms with Gasteiger partial charge < -0.3 is 15.8 Å². The Morgan fingerprint density at radius 1 is 1.33 bits per heavy atom. The number of nitrogens with one attached hydrogen (secondary N) is 1. The molecule has 0 fully saturated rings. The summed E-state index contributed by atoms with van der Waals surface area (Å²) in [5.74, 6) is 0.275. The van der Waals surface area contributed by atoms with Crippen LogP contribution in [0, 0.1) is 0 Å². The maximum Gasteiger partial charge on any atom is 0.306 e. The molecule has 156 valence electrons. The molecule has 0 radical (unpaired) electrons. The summed E-state index contributed by atoms with van der Waals surface area (Å²) in [6.45, 7) is 5.61. The van der Waals surface area contributed by atoms with Crippen molar-refractivity contribution in [3.8, 4) is 5.95 Å². The second-order valence-electron chi connectivity index (χ2n) is 7.51. The van der Waals surface area contributed by atoms with Gasteiger partial charge in [-0.3, -0.25) is 9.59 Å². The van der Waals surface area contributed by atoms with Crippen LogP contribution in [0.4, 0.5) is 11.6 Å². The second-order valence-corrected chi connectivity index (χ2v) is 7.92. The molecule has 0 bridgehead atoms. The molecule has 4 rings (SSSR count). The minimum Gasteiger partial charge on any atom is -0.466 e. The number of nitrogens with two attached hydrogens (primary N) is 1. The molecule has 0 atom stereocenters. The van der Waals surface area contributed by atoms with E-state index in [1.54, 1.807) is 32.9 Å². The first-order valence-corrected chi connectivity index (χ1v) is 9.93. The van der Waals surface area contributed by atoms with Gasteiger partial charge in [-0.2, -0.15) is 19.7 Å². The largest absolute Gasteiger partial charge is 0.466 e. The van der Waals surface area contributed by atoms with E-state index in [-0.39, 0.29) is 30.1 Å². The first-order chi connectivity index (χ1) is 14.2. The van der Waals surface area contributed by atoms with Crippen LogP contribution in [0.5, 0.6) is 0 Å². The van der Waals surface area contributed by atoms with Crippen molar-refractivity contribution < 1.29 is 14.3 Å². The molecule has 0 aliphatic carbocycles. The zero-order valence-corrected chi connectivity index (χ0v) is 17.6. The molecule has 3 aromatic rings. The lowest BCUT2D eigenvalue weighted by atomic mass is 9.87. The molecule has 3 N–H and O–H groups in total. The molecule has 30 heavy (non-hydrogen) atoms. The highest BCUT2D eigenvalue weighted by Gasteiger charge is 2.42. The maximum absolute atomic E-state index is 12.3. The number of ether oxygens (including phenoxy) is 1. The Hall–Kier alpha value is -3.20. The van der Waals surface area contributed by atoms with Gasteiger partial charge in [0.05, 0.1) is 40.2 Å². The monoisotopic (exact) mass is 428 g/mol. The van der Waals surface area contributed by atoms with Crippen molar-refractivity contribution in [2.45, 2.75) is 39.0 Å². The summed E-state index contributed by atoms with van der Waals surface area (Å²) >= 11 is 6.43. The highest BCUT2D eigenvalue weighted by molar-refractivity contribution is 6.35. The topological polar surface area (TPSA) is 125 Å². The number of hydrogen-bond acceptors (Lipinski definition) is 7. The van der Waals surface area contributed by atoms with Crippen molar-refractivity contribution >= 4 is 46.0 Å². The van der Waals surface area contributed by atoms with Crippen molar-refractivity contribution in [1.82, 2.24) is 19.7 Å². The van der Waals surface area contributed by atoms with Crippen LogP contribution in [0.25, 0.3) is 16.9 Å². The van der Waals surface area contributed by atoms with E-state index in [1.165, 1.54) is 4.68 Å². The Morgan fingerprint density at radius 2 is 2.10 bits per heavy atom. The molecule has 1 aliphatic rings. The van der Waals surface area contributed by atoms with E-state index >= 15 is 0 Å². The lowest BCUT2D eigenvalue weighted by Gasteiger charge is -2.16. The summed E-state index contributed by atoms with van der Waals surface area (Å²) in [5, 5.41) is 8.57. The quantitative estimate of drug-likeness (QED) is 0.598. The van der Waals surface area contributed by atoms with Gasteiger partial charge in [0.1, 0.15) is 11.6 Å². The third-order valence-corrected chi connectivity index (χ3v) is 5.45. The minimum atomic E-state index is -0.821. The van der Waals surface area contributed by atoms with Crippen LogP contribution in [0.2, 0.25) is 5.02 Å². The van der Waals surface area contributed by atoms with Crippen LogP contribution in [-0.2, 0) is 26.2 Å². The Bertz CT molecular complexity index is 1190. The molecule has 0 saturated heterocycles. The van der Waals surface area contributed by atoms with Gasteiger partial charge in [-0.05, 0) is 32.9 Å². The lowest BCUT2D eigenvalue weighted by molar-refractivity contribution is -0.143. The summed E-state index contributed by atoms with van der Waals surface area (Å²) < 4.78 is 6.53. The number of nitrogens with zero attached hydrogens (tertiary/aromatic N) is 4. The van der Waals surface area contributed by atoms with E-state index in [0.29, 0.717) is 46.0 Å². The van der Waals surface area contributed by atoms with Gasteiger partial charge in [0, 0.05) is 11.8 Å². The average molecular weight is 429 g/mol. The van der Waals surface area contributed by atoms with Crippen LogP contribution in [0.3, 0.4) is 0 Å². The third kappa shape index (κ3) is 3.15. The zero-order chi connectivity index (χ0) is 21.6. The summed E-state index contributed by atoms with van der Waals surface area (Å²) in [7, 11) is 0. The fourth-order valence-corrected chi connectivity index (χ4v) is 3.90. The van der Waals surface area contributed by atoms with E-state index in [0.717, 1.165) is 0 Å². The number of rotatable bonds is 5. The van der Waals surface area contributed by atoms with Crippen LogP contribution >= 0.6 is 11.6 Å². The molecule has 3 heterocycles. The van der Waals surface area contributed by atoms with Gasteiger partial charge in [-0.25, -0.2) is 0 Å². The second kappa shape index (κ2) is 7.24. The molecule has 1 amide bonds. The highest BCUT2D eigenvalue weighted by atomic mass is 35.5. The lowest BCUT2D eigenvalue weighted by Crippen LogP contribution is -2.27. The fraction of sp³-hybridized carbons (Fsp3) is 0.350. The summed E-state index contributed by atoms with van der Waals surface area (Å²) in [4.78, 5) is 33.0. The van der Waals surface area contributed by atoms with Crippen LogP contribution in [0.1, 0.15) is 38.4 Å². The third-order valence-electron chi connectivity index (χ3n) is 5.14. The van der Waals surface area contributed by atoms with Crippen molar-refractivity contribution in [3.63, 3.8) is 0 Å². The molecule has 1 aliphatic heterocycles. The Labute approximate surface area is 177 Å². The average Bonchev–Trinajstić information content (AvgIpc) is 3.16. The molecule has 1 aromatic carbocycles. The van der Waals surface area contributed by atoms with Crippen molar-refractivity contribution in [2.75, 3.05) is 17.7 Å². The van der Waals surface area contributed by atoms with Crippen LogP contribution < -0.4 is 11.1 Å². The highest BCUT2D eigenvalue weighted by Crippen LogP contribution is 2.40. The predicted molar refractivity (Wildman–Crippen MR) is 113 cm³/mol. The number of amides is 1.